The summed E-state index contributed by atoms with van der Waals surface area (Å²) in [5.74, 6) is 4.09. The Morgan fingerprint density at radius 2 is 2.14 bits per heavy atom. The molecular formula is C16H15FN2O2. The molecule has 2 aromatic rings. The first-order valence-corrected chi connectivity index (χ1v) is 6.36. The average molecular weight is 286 g/mol. The number of nitrogens with zero attached hydrogens (tertiary/aromatic N) is 1. The van der Waals surface area contributed by atoms with Crippen molar-refractivity contribution in [3.05, 3.63) is 53.1 Å². The molecule has 1 heterocycles. The number of amides is 1. The number of carbonyl (C=O) groups is 1. The van der Waals surface area contributed by atoms with Crippen LogP contribution in [0, 0.1) is 24.6 Å². The average Bonchev–Trinajstić information content (AvgIpc) is 2.79. The standard InChI is InChI=1S/C16H15FN2O2/c1-11-5-8-15(19(11)2)16(21)18-14-7-6-12(4-3-9-20)10-13(14)17/h5-8,10,20H,9H2,1-2H3,(H,18,21). The predicted octanol–water partition coefficient (Wildman–Crippen LogP) is 2.07. The zero-order valence-electron chi connectivity index (χ0n) is 11.8. The molecule has 1 aromatic carbocycles. The highest BCUT2D eigenvalue weighted by atomic mass is 19.1. The van der Waals surface area contributed by atoms with Crippen molar-refractivity contribution in [2.24, 2.45) is 7.05 Å². The van der Waals surface area contributed by atoms with E-state index in [0.717, 1.165) is 5.69 Å². The zero-order valence-corrected chi connectivity index (χ0v) is 11.8. The maximum Gasteiger partial charge on any atom is 0.272 e. The fourth-order valence-corrected chi connectivity index (χ4v) is 1.86. The maximum atomic E-state index is 13.9. The van der Waals surface area contributed by atoms with Gasteiger partial charge in [-0.05, 0) is 37.3 Å². The number of rotatable bonds is 2. The fraction of sp³-hybridized carbons (Fsp3) is 0.188. The number of nitrogens with one attached hydrogen (secondary N) is 1. The molecule has 0 aliphatic rings. The van der Waals surface area contributed by atoms with Crippen molar-refractivity contribution in [3.8, 4) is 11.8 Å². The van der Waals surface area contributed by atoms with Gasteiger partial charge in [-0.2, -0.15) is 0 Å². The molecule has 0 saturated carbocycles. The van der Waals surface area contributed by atoms with Crippen LogP contribution in [0.25, 0.3) is 0 Å². The van der Waals surface area contributed by atoms with Crippen LogP contribution in [0.4, 0.5) is 10.1 Å². The number of halogens is 1. The number of carbonyl (C=O) groups excluding carboxylic acids is 1. The van der Waals surface area contributed by atoms with Crippen LogP contribution in [0.15, 0.2) is 30.3 Å². The van der Waals surface area contributed by atoms with Crippen molar-refractivity contribution in [2.75, 3.05) is 11.9 Å². The minimum absolute atomic E-state index is 0.0911. The van der Waals surface area contributed by atoms with E-state index >= 15 is 0 Å². The van der Waals surface area contributed by atoms with Crippen LogP contribution in [-0.2, 0) is 7.05 Å². The summed E-state index contributed by atoms with van der Waals surface area (Å²) >= 11 is 0. The number of aliphatic hydroxyl groups is 1. The molecule has 0 aliphatic carbocycles. The molecule has 21 heavy (non-hydrogen) atoms. The normalized spacial score (nSPS) is 9.90. The van der Waals surface area contributed by atoms with E-state index < -0.39 is 5.82 Å². The summed E-state index contributed by atoms with van der Waals surface area (Å²) in [5, 5.41) is 11.1. The lowest BCUT2D eigenvalue weighted by Crippen LogP contribution is -2.16. The molecule has 1 aromatic heterocycles. The Balaban J connectivity index is 2.20. The van der Waals surface area contributed by atoms with E-state index in [4.69, 9.17) is 5.11 Å². The lowest BCUT2D eigenvalue weighted by Gasteiger charge is -2.08. The molecule has 4 nitrogen and oxygen atoms in total. The lowest BCUT2D eigenvalue weighted by molar-refractivity contribution is 0.101. The van der Waals surface area contributed by atoms with Gasteiger partial charge < -0.3 is 15.0 Å². The Labute approximate surface area is 122 Å². The van der Waals surface area contributed by atoms with Crippen LogP contribution in [0.2, 0.25) is 0 Å². The first kappa shape index (κ1) is 14.8. The van der Waals surface area contributed by atoms with E-state index in [2.05, 4.69) is 17.2 Å². The molecule has 5 heteroatoms. The van der Waals surface area contributed by atoms with E-state index in [1.807, 2.05) is 13.0 Å². The predicted molar refractivity (Wildman–Crippen MR) is 78.5 cm³/mol. The van der Waals surface area contributed by atoms with Crippen molar-refractivity contribution in [3.63, 3.8) is 0 Å². The van der Waals surface area contributed by atoms with Crippen LogP contribution in [0.1, 0.15) is 21.7 Å². The highest BCUT2D eigenvalue weighted by Gasteiger charge is 2.13. The van der Waals surface area contributed by atoms with Crippen LogP contribution in [0.3, 0.4) is 0 Å². The van der Waals surface area contributed by atoms with Gasteiger partial charge in [0.2, 0.25) is 0 Å². The molecule has 0 aliphatic heterocycles. The molecular weight excluding hydrogens is 271 g/mol. The number of hydrogen-bond acceptors (Lipinski definition) is 2. The van der Waals surface area contributed by atoms with Crippen molar-refractivity contribution in [2.45, 2.75) is 6.92 Å². The van der Waals surface area contributed by atoms with Gasteiger partial charge in [0.1, 0.15) is 18.1 Å². The number of aromatic nitrogens is 1. The first-order chi connectivity index (χ1) is 10.0. The fourth-order valence-electron chi connectivity index (χ4n) is 1.86. The monoisotopic (exact) mass is 286 g/mol. The summed E-state index contributed by atoms with van der Waals surface area (Å²) in [7, 11) is 1.77. The Bertz CT molecular complexity index is 738. The second-order valence-corrected chi connectivity index (χ2v) is 4.53. The molecule has 0 radical (unpaired) electrons. The van der Waals surface area contributed by atoms with Gasteiger partial charge in [0.25, 0.3) is 5.91 Å². The van der Waals surface area contributed by atoms with Gasteiger partial charge in [0.15, 0.2) is 0 Å². The van der Waals surface area contributed by atoms with E-state index in [0.29, 0.717) is 11.3 Å². The molecule has 0 saturated heterocycles. The quantitative estimate of drug-likeness (QED) is 0.830. The van der Waals surface area contributed by atoms with Gasteiger partial charge in [-0.15, -0.1) is 0 Å². The molecule has 0 spiro atoms. The van der Waals surface area contributed by atoms with Gasteiger partial charge in [-0.3, -0.25) is 4.79 Å². The Kier molecular flexibility index (Phi) is 4.41. The summed E-state index contributed by atoms with van der Waals surface area (Å²) in [6.45, 7) is 1.60. The molecule has 0 fully saturated rings. The topological polar surface area (TPSA) is 54.3 Å². The van der Waals surface area contributed by atoms with Crippen LogP contribution >= 0.6 is 0 Å². The minimum atomic E-state index is -0.570. The molecule has 0 bridgehead atoms. The zero-order chi connectivity index (χ0) is 15.4. The van der Waals surface area contributed by atoms with Gasteiger partial charge in [-0.1, -0.05) is 11.8 Å². The van der Waals surface area contributed by atoms with Crippen LogP contribution in [-0.4, -0.2) is 22.2 Å². The summed E-state index contributed by atoms with van der Waals surface area (Å²) in [6.07, 6.45) is 0. The third-order valence-electron chi connectivity index (χ3n) is 3.13. The maximum absolute atomic E-state index is 13.9. The lowest BCUT2D eigenvalue weighted by atomic mass is 10.2. The smallest absolute Gasteiger partial charge is 0.272 e. The Morgan fingerprint density at radius 3 is 2.71 bits per heavy atom. The molecule has 2 rings (SSSR count). The minimum Gasteiger partial charge on any atom is -0.384 e. The Morgan fingerprint density at radius 1 is 1.38 bits per heavy atom. The van der Waals surface area contributed by atoms with Crippen LogP contribution in [0.5, 0.6) is 0 Å². The van der Waals surface area contributed by atoms with E-state index in [-0.39, 0.29) is 18.2 Å². The summed E-state index contributed by atoms with van der Waals surface area (Å²) in [6, 6.07) is 7.75. The number of anilines is 1. The van der Waals surface area contributed by atoms with Crippen molar-refractivity contribution < 1.29 is 14.3 Å². The molecule has 2 N–H and O–H groups in total. The molecule has 1 amide bonds. The van der Waals surface area contributed by atoms with E-state index in [9.17, 15) is 9.18 Å². The number of aliphatic hydroxyl groups excluding tert-OH is 1. The van der Waals surface area contributed by atoms with Gasteiger partial charge >= 0.3 is 0 Å². The van der Waals surface area contributed by atoms with E-state index in [1.165, 1.54) is 12.1 Å². The highest BCUT2D eigenvalue weighted by molar-refractivity contribution is 6.03. The number of aryl methyl sites for hydroxylation is 1. The third-order valence-corrected chi connectivity index (χ3v) is 3.13. The highest BCUT2D eigenvalue weighted by Crippen LogP contribution is 2.17. The first-order valence-electron chi connectivity index (χ1n) is 6.36. The summed E-state index contributed by atoms with van der Waals surface area (Å²) < 4.78 is 15.6. The number of hydrogen-bond donors (Lipinski definition) is 2. The van der Waals surface area contributed by atoms with Crippen molar-refractivity contribution in [1.29, 1.82) is 0 Å². The van der Waals surface area contributed by atoms with Gasteiger partial charge in [-0.25, -0.2) is 4.39 Å². The SMILES string of the molecule is Cc1ccc(C(=O)Nc2ccc(C#CCO)cc2F)n1C. The molecule has 108 valence electrons. The van der Waals surface area contributed by atoms with Gasteiger partial charge in [0, 0.05) is 18.3 Å². The molecule has 0 unspecified atom stereocenters. The summed E-state index contributed by atoms with van der Waals surface area (Å²) in [4.78, 5) is 12.1. The second-order valence-electron chi connectivity index (χ2n) is 4.53. The Hall–Kier alpha value is -2.58. The summed E-state index contributed by atoms with van der Waals surface area (Å²) in [5.41, 5.74) is 1.92. The van der Waals surface area contributed by atoms with Crippen molar-refractivity contribution in [1.82, 2.24) is 4.57 Å². The van der Waals surface area contributed by atoms with Crippen molar-refractivity contribution >= 4 is 11.6 Å². The second kappa shape index (κ2) is 6.25. The molecule has 0 atom stereocenters. The van der Waals surface area contributed by atoms with Crippen LogP contribution < -0.4 is 5.32 Å². The third kappa shape index (κ3) is 3.30. The largest absolute Gasteiger partial charge is 0.384 e. The van der Waals surface area contributed by atoms with Gasteiger partial charge in [0.05, 0.1) is 5.69 Å². The number of benzene rings is 1. The van der Waals surface area contributed by atoms with E-state index in [1.54, 1.807) is 23.7 Å².